The van der Waals surface area contributed by atoms with Crippen LogP contribution in [0.4, 0.5) is 10.5 Å². The fraction of sp³-hybridized carbons (Fsp3) is 0.529. The number of anilines is 1. The van der Waals surface area contributed by atoms with Crippen LogP contribution in [0.1, 0.15) is 32.6 Å². The Labute approximate surface area is 146 Å². The molecule has 6 nitrogen and oxygen atoms in total. The Kier molecular flexibility index (Phi) is 5.14. The number of rotatable bonds is 6. The van der Waals surface area contributed by atoms with Crippen molar-refractivity contribution in [2.24, 2.45) is 0 Å². The minimum atomic E-state index is -0.454. The van der Waals surface area contributed by atoms with Crippen LogP contribution in [-0.2, 0) is 4.79 Å². The summed E-state index contributed by atoms with van der Waals surface area (Å²) in [7, 11) is 0. The van der Waals surface area contributed by atoms with Gasteiger partial charge in [0.1, 0.15) is 11.8 Å². The van der Waals surface area contributed by atoms with Gasteiger partial charge in [-0.25, -0.2) is 4.79 Å². The van der Waals surface area contributed by atoms with Gasteiger partial charge in [-0.15, -0.1) is 0 Å². The molecule has 2 N–H and O–H groups in total. The number of hydrogen-bond acceptors (Lipinski definition) is 3. The quantitative estimate of drug-likeness (QED) is 0.827. The lowest BCUT2D eigenvalue weighted by Crippen LogP contribution is -2.43. The highest BCUT2D eigenvalue weighted by molar-refractivity contribution is 6.31. The van der Waals surface area contributed by atoms with Crippen molar-refractivity contribution >= 4 is 29.2 Å². The van der Waals surface area contributed by atoms with Crippen LogP contribution in [-0.4, -0.2) is 42.1 Å². The third-order valence-corrected chi connectivity index (χ3v) is 4.42. The lowest BCUT2D eigenvalue weighted by molar-refractivity contribution is -0.129. The standard InChI is InChI=1S/C17H22ClN3O3/c1-2-9-24-15-6-3-11(18)10-14(15)20-17(23)19-13-7-8-21(16(13)22)12-4-5-12/h3,6,10,12-13H,2,4-5,7-9H2,1H3,(H2,19,20,23)/t13-/m0/s1. The van der Waals surface area contributed by atoms with Crippen LogP contribution >= 0.6 is 11.6 Å². The molecule has 0 bridgehead atoms. The van der Waals surface area contributed by atoms with E-state index in [0.29, 0.717) is 35.5 Å². The first-order valence-electron chi connectivity index (χ1n) is 8.39. The van der Waals surface area contributed by atoms with Crippen LogP contribution < -0.4 is 15.4 Å². The topological polar surface area (TPSA) is 70.7 Å². The fourth-order valence-corrected chi connectivity index (χ4v) is 3.01. The summed E-state index contributed by atoms with van der Waals surface area (Å²) in [4.78, 5) is 26.4. The highest BCUT2D eigenvalue weighted by Gasteiger charge is 2.40. The molecule has 1 aliphatic carbocycles. The third kappa shape index (κ3) is 3.93. The van der Waals surface area contributed by atoms with Gasteiger partial charge in [-0.3, -0.25) is 4.79 Å². The largest absolute Gasteiger partial charge is 0.491 e. The van der Waals surface area contributed by atoms with Gasteiger partial charge in [0, 0.05) is 17.6 Å². The molecule has 3 rings (SSSR count). The van der Waals surface area contributed by atoms with E-state index < -0.39 is 12.1 Å². The van der Waals surface area contributed by atoms with Crippen molar-refractivity contribution in [2.75, 3.05) is 18.5 Å². The summed E-state index contributed by atoms with van der Waals surface area (Å²) in [6.07, 6.45) is 3.66. The Morgan fingerprint density at radius 2 is 2.17 bits per heavy atom. The molecule has 0 aromatic heterocycles. The number of nitrogens with one attached hydrogen (secondary N) is 2. The molecule has 1 saturated carbocycles. The van der Waals surface area contributed by atoms with E-state index in [1.165, 1.54) is 0 Å². The van der Waals surface area contributed by atoms with Crippen LogP contribution in [0, 0.1) is 0 Å². The van der Waals surface area contributed by atoms with Crippen LogP contribution in [0.15, 0.2) is 18.2 Å². The highest BCUT2D eigenvalue weighted by Crippen LogP contribution is 2.31. The van der Waals surface area contributed by atoms with Crippen molar-refractivity contribution in [3.05, 3.63) is 23.2 Å². The smallest absolute Gasteiger partial charge is 0.319 e. The number of benzene rings is 1. The zero-order valence-electron chi connectivity index (χ0n) is 13.7. The van der Waals surface area contributed by atoms with E-state index in [4.69, 9.17) is 16.3 Å². The number of carbonyl (C=O) groups is 2. The molecule has 0 unspecified atom stereocenters. The summed E-state index contributed by atoms with van der Waals surface area (Å²) in [5.74, 6) is 0.579. The summed E-state index contributed by atoms with van der Waals surface area (Å²) >= 11 is 6.00. The Morgan fingerprint density at radius 1 is 1.38 bits per heavy atom. The molecule has 24 heavy (non-hydrogen) atoms. The number of hydrogen-bond donors (Lipinski definition) is 2. The molecule has 2 fully saturated rings. The summed E-state index contributed by atoms with van der Waals surface area (Å²) in [6.45, 7) is 3.28. The zero-order chi connectivity index (χ0) is 17.1. The second kappa shape index (κ2) is 7.30. The molecule has 2 aliphatic rings. The van der Waals surface area contributed by atoms with Crippen molar-refractivity contribution in [2.45, 2.75) is 44.7 Å². The van der Waals surface area contributed by atoms with Gasteiger partial charge in [0.05, 0.1) is 12.3 Å². The van der Waals surface area contributed by atoms with E-state index in [2.05, 4.69) is 10.6 Å². The second-order valence-corrected chi connectivity index (χ2v) is 6.63. The number of carbonyl (C=O) groups excluding carboxylic acids is 2. The predicted octanol–water partition coefficient (Wildman–Crippen LogP) is 3.01. The third-order valence-electron chi connectivity index (χ3n) is 4.18. The number of ether oxygens (including phenoxy) is 1. The molecular weight excluding hydrogens is 330 g/mol. The van der Waals surface area contributed by atoms with Gasteiger partial charge in [-0.2, -0.15) is 0 Å². The number of halogens is 1. The maximum Gasteiger partial charge on any atom is 0.319 e. The van der Waals surface area contributed by atoms with E-state index in [-0.39, 0.29) is 5.91 Å². The fourth-order valence-electron chi connectivity index (χ4n) is 2.84. The van der Waals surface area contributed by atoms with Crippen LogP contribution in [0.3, 0.4) is 0 Å². The molecule has 1 heterocycles. The highest BCUT2D eigenvalue weighted by atomic mass is 35.5. The van der Waals surface area contributed by atoms with Gasteiger partial charge in [0.2, 0.25) is 5.91 Å². The lowest BCUT2D eigenvalue weighted by Gasteiger charge is -2.17. The van der Waals surface area contributed by atoms with Gasteiger partial charge < -0.3 is 20.3 Å². The van der Waals surface area contributed by atoms with Crippen molar-refractivity contribution in [3.63, 3.8) is 0 Å². The van der Waals surface area contributed by atoms with Crippen LogP contribution in [0.2, 0.25) is 5.02 Å². The molecule has 0 radical (unpaired) electrons. The molecule has 3 amide bonds. The molecule has 0 spiro atoms. The Balaban J connectivity index is 1.60. The lowest BCUT2D eigenvalue weighted by atomic mass is 10.2. The summed E-state index contributed by atoms with van der Waals surface area (Å²) in [5.41, 5.74) is 0.498. The minimum Gasteiger partial charge on any atom is -0.491 e. The number of amides is 3. The van der Waals surface area contributed by atoms with E-state index in [1.807, 2.05) is 11.8 Å². The average Bonchev–Trinajstić information content (AvgIpc) is 3.32. The van der Waals surface area contributed by atoms with Gasteiger partial charge in [0.15, 0.2) is 0 Å². The first-order valence-corrected chi connectivity index (χ1v) is 8.76. The zero-order valence-corrected chi connectivity index (χ0v) is 14.4. The van der Waals surface area contributed by atoms with Crippen molar-refractivity contribution in [1.29, 1.82) is 0 Å². The SMILES string of the molecule is CCCOc1ccc(Cl)cc1NC(=O)N[C@H]1CCN(C2CC2)C1=O. The maximum atomic E-state index is 12.3. The van der Waals surface area contributed by atoms with E-state index >= 15 is 0 Å². The van der Waals surface area contributed by atoms with E-state index in [9.17, 15) is 9.59 Å². The molecule has 130 valence electrons. The van der Waals surface area contributed by atoms with Crippen LogP contribution in [0.25, 0.3) is 0 Å². The van der Waals surface area contributed by atoms with E-state index in [1.54, 1.807) is 18.2 Å². The molecule has 1 aromatic rings. The minimum absolute atomic E-state index is 0.0150. The molecular formula is C17H22ClN3O3. The first kappa shape index (κ1) is 16.9. The second-order valence-electron chi connectivity index (χ2n) is 6.19. The molecule has 1 aliphatic heterocycles. The monoisotopic (exact) mass is 351 g/mol. The Hall–Kier alpha value is -1.95. The summed E-state index contributed by atoms with van der Waals surface area (Å²) < 4.78 is 5.61. The van der Waals surface area contributed by atoms with Gasteiger partial charge in [0.25, 0.3) is 0 Å². The normalized spacial score (nSPS) is 20.2. The molecule has 1 atom stereocenters. The van der Waals surface area contributed by atoms with Gasteiger partial charge in [-0.05, 0) is 43.9 Å². The van der Waals surface area contributed by atoms with Crippen molar-refractivity contribution in [3.8, 4) is 5.75 Å². The molecule has 7 heteroatoms. The maximum absolute atomic E-state index is 12.3. The average molecular weight is 352 g/mol. The Morgan fingerprint density at radius 3 is 2.88 bits per heavy atom. The van der Waals surface area contributed by atoms with E-state index in [0.717, 1.165) is 25.8 Å². The number of urea groups is 1. The molecule has 1 aromatic carbocycles. The predicted molar refractivity (Wildman–Crippen MR) is 92.5 cm³/mol. The van der Waals surface area contributed by atoms with Crippen molar-refractivity contribution in [1.82, 2.24) is 10.2 Å². The van der Waals surface area contributed by atoms with Crippen LogP contribution in [0.5, 0.6) is 5.75 Å². The molecule has 1 saturated heterocycles. The van der Waals surface area contributed by atoms with Gasteiger partial charge >= 0.3 is 6.03 Å². The first-order chi connectivity index (χ1) is 11.6. The summed E-state index contributed by atoms with van der Waals surface area (Å²) in [6, 6.07) is 4.58. The number of likely N-dealkylation sites (tertiary alicyclic amines) is 1. The Bertz CT molecular complexity index is 634. The van der Waals surface area contributed by atoms with Gasteiger partial charge in [-0.1, -0.05) is 18.5 Å². The number of nitrogens with zero attached hydrogens (tertiary/aromatic N) is 1. The van der Waals surface area contributed by atoms with Crippen molar-refractivity contribution < 1.29 is 14.3 Å². The summed E-state index contributed by atoms with van der Waals surface area (Å²) in [5, 5.41) is 6.00.